The molecule has 0 unspecified atom stereocenters. The summed E-state index contributed by atoms with van der Waals surface area (Å²) in [5.74, 6) is -1.38. The fourth-order valence-electron chi connectivity index (χ4n) is 3.59. The molecule has 2 aromatic carbocycles. The van der Waals surface area contributed by atoms with Crippen LogP contribution in [0.15, 0.2) is 48.0 Å². The minimum absolute atomic E-state index is 0.135. The Bertz CT molecular complexity index is 967. The number of hydrogen-bond donors (Lipinski definition) is 0. The lowest BCUT2D eigenvalue weighted by Crippen LogP contribution is -2.44. The standard InChI is InChI=1S/C23H21ClO6/c1-27-20-13-16(6-9-19(20)28-14-15-4-7-17(24)8-5-15)12-18-21(25)29-23(30-22(18)26)10-2-3-11-23/h4-9,12-13H,2-3,10-11,14H2,1H3. The van der Waals surface area contributed by atoms with Gasteiger partial charge >= 0.3 is 11.9 Å². The minimum Gasteiger partial charge on any atom is -0.493 e. The van der Waals surface area contributed by atoms with Crippen LogP contribution in [0.2, 0.25) is 5.02 Å². The molecular weight excluding hydrogens is 408 g/mol. The molecule has 1 spiro atoms. The SMILES string of the molecule is COc1cc(C=C2C(=O)OC3(CCCC3)OC2=O)ccc1OCc1ccc(Cl)cc1. The highest BCUT2D eigenvalue weighted by atomic mass is 35.5. The summed E-state index contributed by atoms with van der Waals surface area (Å²) in [4.78, 5) is 24.8. The van der Waals surface area contributed by atoms with Crippen LogP contribution in [-0.4, -0.2) is 24.8 Å². The van der Waals surface area contributed by atoms with Gasteiger partial charge in [0.25, 0.3) is 5.79 Å². The van der Waals surface area contributed by atoms with Crippen molar-refractivity contribution in [3.05, 3.63) is 64.2 Å². The van der Waals surface area contributed by atoms with E-state index < -0.39 is 17.7 Å². The van der Waals surface area contributed by atoms with Crippen molar-refractivity contribution >= 4 is 29.6 Å². The number of esters is 2. The Morgan fingerprint density at radius 2 is 1.67 bits per heavy atom. The van der Waals surface area contributed by atoms with Crippen LogP contribution in [0.25, 0.3) is 6.08 Å². The quantitative estimate of drug-likeness (QED) is 0.391. The van der Waals surface area contributed by atoms with Crippen molar-refractivity contribution in [2.45, 2.75) is 38.1 Å². The lowest BCUT2D eigenvalue weighted by atomic mass is 10.1. The Hall–Kier alpha value is -2.99. The van der Waals surface area contributed by atoms with Crippen LogP contribution < -0.4 is 9.47 Å². The predicted octanol–water partition coefficient (Wildman–Crippen LogP) is 4.68. The molecule has 4 rings (SSSR count). The van der Waals surface area contributed by atoms with E-state index in [4.69, 9.17) is 30.5 Å². The molecule has 0 N–H and O–H groups in total. The first-order valence-electron chi connectivity index (χ1n) is 9.72. The Labute approximate surface area is 179 Å². The monoisotopic (exact) mass is 428 g/mol. The van der Waals surface area contributed by atoms with E-state index >= 15 is 0 Å². The number of carbonyl (C=O) groups is 2. The highest BCUT2D eigenvalue weighted by molar-refractivity contribution is 6.30. The minimum atomic E-state index is -1.08. The van der Waals surface area contributed by atoms with E-state index in [9.17, 15) is 9.59 Å². The number of carbonyl (C=O) groups excluding carboxylic acids is 2. The topological polar surface area (TPSA) is 71.1 Å². The summed E-state index contributed by atoms with van der Waals surface area (Å²) in [6.07, 6.45) is 4.27. The summed E-state index contributed by atoms with van der Waals surface area (Å²) >= 11 is 5.90. The van der Waals surface area contributed by atoms with Gasteiger partial charge in [0.1, 0.15) is 12.2 Å². The third kappa shape index (κ3) is 4.28. The smallest absolute Gasteiger partial charge is 0.348 e. The zero-order valence-corrected chi connectivity index (χ0v) is 17.2. The molecule has 6 nitrogen and oxygen atoms in total. The average Bonchev–Trinajstić information content (AvgIpc) is 3.18. The summed E-state index contributed by atoms with van der Waals surface area (Å²) in [6, 6.07) is 12.5. The van der Waals surface area contributed by atoms with Crippen molar-refractivity contribution in [2.24, 2.45) is 0 Å². The second-order valence-corrected chi connectivity index (χ2v) is 7.72. The maximum atomic E-state index is 12.4. The van der Waals surface area contributed by atoms with E-state index in [0.717, 1.165) is 18.4 Å². The van der Waals surface area contributed by atoms with Crippen molar-refractivity contribution in [1.82, 2.24) is 0 Å². The lowest BCUT2D eigenvalue weighted by molar-refractivity contribution is -0.232. The molecule has 1 saturated heterocycles. The number of methoxy groups -OCH3 is 1. The number of hydrogen-bond acceptors (Lipinski definition) is 6. The molecule has 2 fully saturated rings. The van der Waals surface area contributed by atoms with Gasteiger partial charge in [0.05, 0.1) is 7.11 Å². The van der Waals surface area contributed by atoms with Crippen molar-refractivity contribution < 1.29 is 28.5 Å². The zero-order chi connectivity index (χ0) is 21.1. The van der Waals surface area contributed by atoms with E-state index in [-0.39, 0.29) is 5.57 Å². The van der Waals surface area contributed by atoms with Gasteiger partial charge in [0.15, 0.2) is 11.5 Å². The number of ether oxygens (including phenoxy) is 4. The summed E-state index contributed by atoms with van der Waals surface area (Å²) < 4.78 is 22.1. The van der Waals surface area contributed by atoms with Crippen LogP contribution in [0, 0.1) is 0 Å². The molecule has 1 saturated carbocycles. The van der Waals surface area contributed by atoms with Gasteiger partial charge in [-0.2, -0.15) is 0 Å². The number of rotatable bonds is 5. The Morgan fingerprint density at radius 1 is 1.00 bits per heavy atom. The molecule has 0 amide bonds. The van der Waals surface area contributed by atoms with Gasteiger partial charge in [-0.25, -0.2) is 9.59 Å². The maximum Gasteiger partial charge on any atom is 0.348 e. The van der Waals surface area contributed by atoms with Crippen molar-refractivity contribution in [1.29, 1.82) is 0 Å². The van der Waals surface area contributed by atoms with E-state index in [2.05, 4.69) is 0 Å². The van der Waals surface area contributed by atoms with Crippen LogP contribution >= 0.6 is 11.6 Å². The molecule has 1 heterocycles. The predicted molar refractivity (Wildman–Crippen MR) is 110 cm³/mol. The molecule has 1 aliphatic carbocycles. The first kappa shape index (κ1) is 20.3. The molecule has 0 radical (unpaired) electrons. The highest BCUT2D eigenvalue weighted by Crippen LogP contribution is 2.39. The van der Waals surface area contributed by atoms with E-state index in [1.165, 1.54) is 13.2 Å². The molecule has 0 bridgehead atoms. The van der Waals surface area contributed by atoms with Crippen molar-refractivity contribution in [2.75, 3.05) is 7.11 Å². The van der Waals surface area contributed by atoms with Gasteiger partial charge in [-0.3, -0.25) is 0 Å². The molecule has 7 heteroatoms. The maximum absolute atomic E-state index is 12.4. The van der Waals surface area contributed by atoms with Gasteiger partial charge in [0, 0.05) is 17.9 Å². The lowest BCUT2D eigenvalue weighted by Gasteiger charge is -2.32. The summed E-state index contributed by atoms with van der Waals surface area (Å²) in [6.45, 7) is 0.342. The molecule has 2 aromatic rings. The first-order valence-corrected chi connectivity index (χ1v) is 10.1. The van der Waals surface area contributed by atoms with Gasteiger partial charge in [-0.1, -0.05) is 29.8 Å². The summed E-state index contributed by atoms with van der Waals surface area (Å²) in [5.41, 5.74) is 1.42. The zero-order valence-electron chi connectivity index (χ0n) is 16.5. The number of benzene rings is 2. The molecule has 1 aliphatic heterocycles. The molecule has 30 heavy (non-hydrogen) atoms. The number of halogens is 1. The van der Waals surface area contributed by atoms with E-state index in [1.54, 1.807) is 30.3 Å². The van der Waals surface area contributed by atoms with Gasteiger partial charge in [-0.05, 0) is 54.3 Å². The second kappa shape index (κ2) is 8.40. The highest BCUT2D eigenvalue weighted by Gasteiger charge is 2.47. The van der Waals surface area contributed by atoms with Crippen molar-refractivity contribution in [3.8, 4) is 11.5 Å². The van der Waals surface area contributed by atoms with Crippen LogP contribution in [0.4, 0.5) is 0 Å². The van der Waals surface area contributed by atoms with Crippen molar-refractivity contribution in [3.63, 3.8) is 0 Å². The second-order valence-electron chi connectivity index (χ2n) is 7.28. The van der Waals surface area contributed by atoms with E-state index in [1.807, 2.05) is 12.1 Å². The average molecular weight is 429 g/mol. The molecular formula is C23H21ClO6. The van der Waals surface area contributed by atoms with Gasteiger partial charge < -0.3 is 18.9 Å². The molecule has 2 aliphatic rings. The Morgan fingerprint density at radius 3 is 2.30 bits per heavy atom. The fourth-order valence-corrected chi connectivity index (χ4v) is 3.72. The molecule has 0 aromatic heterocycles. The molecule has 0 atom stereocenters. The Balaban J connectivity index is 1.50. The van der Waals surface area contributed by atoms with Gasteiger partial charge in [-0.15, -0.1) is 0 Å². The fraction of sp³-hybridized carbons (Fsp3) is 0.304. The summed E-state index contributed by atoms with van der Waals surface area (Å²) in [5, 5.41) is 0.660. The van der Waals surface area contributed by atoms with E-state index in [0.29, 0.717) is 41.5 Å². The normalized spacial score (nSPS) is 17.5. The largest absolute Gasteiger partial charge is 0.493 e. The van der Waals surface area contributed by atoms with Crippen LogP contribution in [-0.2, 0) is 25.7 Å². The Kier molecular flexibility index (Phi) is 5.68. The van der Waals surface area contributed by atoms with Gasteiger partial charge in [0.2, 0.25) is 0 Å². The van der Waals surface area contributed by atoms with Crippen LogP contribution in [0.5, 0.6) is 11.5 Å². The summed E-state index contributed by atoms with van der Waals surface area (Å²) in [7, 11) is 1.52. The van der Waals surface area contributed by atoms with Crippen LogP contribution in [0.1, 0.15) is 36.8 Å². The molecule has 156 valence electrons. The third-order valence-corrected chi connectivity index (χ3v) is 5.42. The third-order valence-electron chi connectivity index (χ3n) is 5.17. The van der Waals surface area contributed by atoms with Crippen LogP contribution in [0.3, 0.4) is 0 Å². The first-order chi connectivity index (χ1) is 14.5.